The molecular weight excluding hydrogens is 386 g/mol. The van der Waals surface area contributed by atoms with Crippen molar-refractivity contribution in [2.45, 2.75) is 25.2 Å². The third kappa shape index (κ3) is 4.04. The first kappa shape index (κ1) is 19.4. The van der Waals surface area contributed by atoms with Gasteiger partial charge in [-0.3, -0.25) is 4.57 Å². The maximum atomic E-state index is 13.0. The van der Waals surface area contributed by atoms with Crippen molar-refractivity contribution in [3.63, 3.8) is 0 Å². The van der Waals surface area contributed by atoms with Crippen LogP contribution in [0.2, 0.25) is 0 Å². The van der Waals surface area contributed by atoms with Crippen LogP contribution in [-0.4, -0.2) is 23.2 Å². The van der Waals surface area contributed by atoms with E-state index in [0.717, 1.165) is 34.3 Å². The molecule has 31 heavy (non-hydrogen) atoms. The number of fused-ring (bicyclic) bond motifs is 1. The van der Waals surface area contributed by atoms with E-state index in [0.29, 0.717) is 18.3 Å². The van der Waals surface area contributed by atoms with E-state index in [-0.39, 0.29) is 5.69 Å². The molecule has 0 aliphatic heterocycles. The van der Waals surface area contributed by atoms with Gasteiger partial charge in [-0.1, -0.05) is 36.4 Å². The molecule has 1 aliphatic carbocycles. The zero-order valence-corrected chi connectivity index (χ0v) is 17.5. The normalized spacial score (nSPS) is 13.3. The molecule has 0 bridgehead atoms. The summed E-state index contributed by atoms with van der Waals surface area (Å²) >= 11 is 0. The van der Waals surface area contributed by atoms with Gasteiger partial charge in [-0.2, -0.15) is 4.98 Å². The molecule has 1 aliphatic rings. The van der Waals surface area contributed by atoms with Crippen molar-refractivity contribution in [3.8, 4) is 11.4 Å². The van der Waals surface area contributed by atoms with Gasteiger partial charge >= 0.3 is 5.69 Å². The van der Waals surface area contributed by atoms with Crippen LogP contribution in [0.25, 0.3) is 16.6 Å². The lowest BCUT2D eigenvalue weighted by Gasteiger charge is -2.15. The molecular formula is C26H25N3O2. The van der Waals surface area contributed by atoms with Crippen LogP contribution in [0.5, 0.6) is 5.75 Å². The smallest absolute Gasteiger partial charge is 0.354 e. The standard InChI is InChI=1S/C26H25N3O2/c1-27-25-23-13-12-20(19-10-11-19)17-24(23)29(26(30)28-25)21-7-5-6-18(16-21)14-15-31-22-8-3-2-4-9-22/h2-9,12-13,16-17,19H,10-11,14-15H2,1H3,(H,27,28,30). The van der Waals surface area contributed by atoms with Crippen LogP contribution in [0.3, 0.4) is 0 Å². The molecule has 0 radical (unpaired) electrons. The van der Waals surface area contributed by atoms with Crippen LogP contribution in [0.1, 0.15) is 29.9 Å². The Balaban J connectivity index is 1.50. The second-order valence-corrected chi connectivity index (χ2v) is 7.96. The number of anilines is 1. The Hall–Kier alpha value is -3.60. The van der Waals surface area contributed by atoms with E-state index in [1.807, 2.05) is 42.5 Å². The predicted molar refractivity (Wildman–Crippen MR) is 125 cm³/mol. The van der Waals surface area contributed by atoms with Gasteiger partial charge in [0, 0.05) is 18.9 Å². The zero-order valence-electron chi connectivity index (χ0n) is 17.5. The summed E-state index contributed by atoms with van der Waals surface area (Å²) in [6.45, 7) is 0.575. The Bertz CT molecular complexity index is 1280. The average molecular weight is 412 g/mol. The molecule has 1 aromatic heterocycles. The summed E-state index contributed by atoms with van der Waals surface area (Å²) in [6, 6.07) is 24.3. The number of aromatic nitrogens is 2. The highest BCUT2D eigenvalue weighted by Gasteiger charge is 2.24. The minimum absolute atomic E-state index is 0.275. The van der Waals surface area contributed by atoms with Gasteiger partial charge in [0.1, 0.15) is 11.6 Å². The lowest BCUT2D eigenvalue weighted by molar-refractivity contribution is 0.322. The van der Waals surface area contributed by atoms with Gasteiger partial charge in [0.2, 0.25) is 0 Å². The molecule has 0 atom stereocenters. The van der Waals surface area contributed by atoms with Crippen molar-refractivity contribution >= 4 is 16.7 Å². The van der Waals surface area contributed by atoms with Gasteiger partial charge in [0.15, 0.2) is 0 Å². The molecule has 1 saturated carbocycles. The molecule has 1 N–H and O–H groups in total. The lowest BCUT2D eigenvalue weighted by Crippen LogP contribution is -2.23. The van der Waals surface area contributed by atoms with Crippen molar-refractivity contribution in [2.24, 2.45) is 0 Å². The molecule has 1 fully saturated rings. The van der Waals surface area contributed by atoms with Crippen molar-refractivity contribution in [1.29, 1.82) is 0 Å². The largest absolute Gasteiger partial charge is 0.493 e. The fraction of sp³-hybridized carbons (Fsp3) is 0.231. The molecule has 3 aromatic carbocycles. The van der Waals surface area contributed by atoms with E-state index < -0.39 is 0 Å². The number of ether oxygens (including phenoxy) is 1. The van der Waals surface area contributed by atoms with E-state index in [1.165, 1.54) is 18.4 Å². The van der Waals surface area contributed by atoms with Gasteiger partial charge in [-0.25, -0.2) is 4.79 Å². The Morgan fingerprint density at radius 1 is 1.03 bits per heavy atom. The Kier molecular flexibility index (Phi) is 5.16. The van der Waals surface area contributed by atoms with Crippen LogP contribution in [-0.2, 0) is 6.42 Å². The maximum absolute atomic E-state index is 13.0. The molecule has 5 heteroatoms. The number of hydrogen-bond donors (Lipinski definition) is 1. The van der Waals surface area contributed by atoms with Gasteiger partial charge < -0.3 is 10.1 Å². The molecule has 0 spiro atoms. The Morgan fingerprint density at radius 3 is 2.65 bits per heavy atom. The van der Waals surface area contributed by atoms with Crippen LogP contribution in [0, 0.1) is 0 Å². The molecule has 0 unspecified atom stereocenters. The van der Waals surface area contributed by atoms with Gasteiger partial charge in [0.05, 0.1) is 17.8 Å². The summed E-state index contributed by atoms with van der Waals surface area (Å²) < 4.78 is 7.57. The first-order chi connectivity index (χ1) is 15.2. The monoisotopic (exact) mass is 411 g/mol. The minimum Gasteiger partial charge on any atom is -0.493 e. The van der Waals surface area contributed by atoms with Crippen molar-refractivity contribution in [2.75, 3.05) is 19.0 Å². The summed E-state index contributed by atoms with van der Waals surface area (Å²) in [6.07, 6.45) is 3.19. The quantitative estimate of drug-likeness (QED) is 0.469. The number of hydrogen-bond acceptors (Lipinski definition) is 4. The van der Waals surface area contributed by atoms with Crippen LogP contribution >= 0.6 is 0 Å². The van der Waals surface area contributed by atoms with Crippen molar-refractivity contribution < 1.29 is 4.74 Å². The van der Waals surface area contributed by atoms with E-state index in [9.17, 15) is 4.79 Å². The molecule has 0 amide bonds. The second-order valence-electron chi connectivity index (χ2n) is 7.96. The third-order valence-corrected chi connectivity index (χ3v) is 5.77. The molecule has 1 heterocycles. The molecule has 4 aromatic rings. The minimum atomic E-state index is -0.275. The second kappa shape index (κ2) is 8.26. The SMILES string of the molecule is CNc1nc(=O)n(-c2cccc(CCOc3ccccc3)c2)c2cc(C3CC3)ccc12. The highest BCUT2D eigenvalue weighted by Crippen LogP contribution is 2.41. The van der Waals surface area contributed by atoms with Crippen LogP contribution in [0.4, 0.5) is 5.82 Å². The fourth-order valence-electron chi connectivity index (χ4n) is 4.01. The van der Waals surface area contributed by atoms with E-state index in [2.05, 4.69) is 40.6 Å². The number of rotatable bonds is 7. The van der Waals surface area contributed by atoms with Crippen molar-refractivity contribution in [1.82, 2.24) is 9.55 Å². The highest BCUT2D eigenvalue weighted by atomic mass is 16.5. The van der Waals surface area contributed by atoms with Gasteiger partial charge in [0.25, 0.3) is 0 Å². The summed E-state index contributed by atoms with van der Waals surface area (Å²) in [7, 11) is 1.80. The number of nitrogens with zero attached hydrogens (tertiary/aromatic N) is 2. The lowest BCUT2D eigenvalue weighted by atomic mass is 10.1. The average Bonchev–Trinajstić information content (AvgIpc) is 3.65. The Morgan fingerprint density at radius 2 is 1.87 bits per heavy atom. The summed E-state index contributed by atoms with van der Waals surface area (Å²) in [5, 5.41) is 4.02. The molecule has 0 saturated heterocycles. The topological polar surface area (TPSA) is 56.2 Å². The van der Waals surface area contributed by atoms with Gasteiger partial charge in [-0.05, 0) is 66.3 Å². The highest BCUT2D eigenvalue weighted by molar-refractivity contribution is 5.90. The molecule has 5 nitrogen and oxygen atoms in total. The summed E-state index contributed by atoms with van der Waals surface area (Å²) in [4.78, 5) is 17.3. The van der Waals surface area contributed by atoms with Gasteiger partial charge in [-0.15, -0.1) is 0 Å². The molecule has 5 rings (SSSR count). The first-order valence-corrected chi connectivity index (χ1v) is 10.7. The van der Waals surface area contributed by atoms with Crippen molar-refractivity contribution in [3.05, 3.63) is 94.4 Å². The summed E-state index contributed by atoms with van der Waals surface area (Å²) in [5.41, 5.74) is 3.86. The molecule has 156 valence electrons. The predicted octanol–water partition coefficient (Wildman–Crippen LogP) is 4.93. The maximum Gasteiger partial charge on any atom is 0.354 e. The third-order valence-electron chi connectivity index (χ3n) is 5.77. The number of benzene rings is 3. The number of nitrogens with one attached hydrogen (secondary N) is 1. The van der Waals surface area contributed by atoms with E-state index in [4.69, 9.17) is 4.74 Å². The van der Waals surface area contributed by atoms with E-state index >= 15 is 0 Å². The number of para-hydroxylation sites is 1. The van der Waals surface area contributed by atoms with Crippen LogP contribution in [0.15, 0.2) is 77.6 Å². The Labute approximate surface area is 181 Å². The first-order valence-electron chi connectivity index (χ1n) is 10.7. The van der Waals surface area contributed by atoms with E-state index in [1.54, 1.807) is 11.6 Å². The fourth-order valence-corrected chi connectivity index (χ4v) is 4.01. The summed E-state index contributed by atoms with van der Waals surface area (Å²) in [5.74, 6) is 2.09. The van der Waals surface area contributed by atoms with Crippen LogP contribution < -0.4 is 15.7 Å². The zero-order chi connectivity index (χ0) is 21.2.